The standard InChI is InChI=1S/C8H15NO4S/c1-6(5-8(10)11)7-3-4-9(7)14(2,12)13/h6-7H,3-5H2,1-2H3,(H,10,11). The van der Waals surface area contributed by atoms with Crippen molar-refractivity contribution in [2.75, 3.05) is 12.8 Å². The van der Waals surface area contributed by atoms with Gasteiger partial charge in [-0.05, 0) is 12.3 Å². The van der Waals surface area contributed by atoms with Gasteiger partial charge in [-0.1, -0.05) is 6.92 Å². The summed E-state index contributed by atoms with van der Waals surface area (Å²) in [6.07, 6.45) is 1.95. The van der Waals surface area contributed by atoms with E-state index in [4.69, 9.17) is 5.11 Å². The summed E-state index contributed by atoms with van der Waals surface area (Å²) in [7, 11) is -3.16. The van der Waals surface area contributed by atoms with Crippen molar-refractivity contribution in [2.45, 2.75) is 25.8 Å². The van der Waals surface area contributed by atoms with Crippen LogP contribution < -0.4 is 0 Å². The van der Waals surface area contributed by atoms with E-state index in [0.717, 1.165) is 12.7 Å². The molecule has 0 aromatic rings. The van der Waals surface area contributed by atoms with E-state index in [1.54, 1.807) is 6.92 Å². The van der Waals surface area contributed by atoms with Gasteiger partial charge in [0.2, 0.25) is 10.0 Å². The minimum Gasteiger partial charge on any atom is -0.481 e. The Bertz CT molecular complexity index is 324. The van der Waals surface area contributed by atoms with Crippen LogP contribution >= 0.6 is 0 Å². The van der Waals surface area contributed by atoms with E-state index >= 15 is 0 Å². The molecule has 1 heterocycles. The molecule has 0 amide bonds. The Morgan fingerprint density at radius 3 is 2.50 bits per heavy atom. The first-order valence-electron chi connectivity index (χ1n) is 4.51. The lowest BCUT2D eigenvalue weighted by Crippen LogP contribution is -2.53. The average molecular weight is 221 g/mol. The largest absolute Gasteiger partial charge is 0.481 e. The monoisotopic (exact) mass is 221 g/mol. The molecule has 1 N–H and O–H groups in total. The third-order valence-electron chi connectivity index (χ3n) is 2.59. The lowest BCUT2D eigenvalue weighted by Gasteiger charge is -2.42. The molecule has 1 saturated heterocycles. The van der Waals surface area contributed by atoms with Gasteiger partial charge in [-0.25, -0.2) is 8.42 Å². The minimum atomic E-state index is -3.16. The summed E-state index contributed by atoms with van der Waals surface area (Å²) in [4.78, 5) is 10.4. The van der Waals surface area contributed by atoms with Crippen molar-refractivity contribution < 1.29 is 18.3 Å². The number of carbonyl (C=O) groups is 1. The van der Waals surface area contributed by atoms with Crippen LogP contribution in [-0.2, 0) is 14.8 Å². The van der Waals surface area contributed by atoms with Gasteiger partial charge >= 0.3 is 5.97 Å². The van der Waals surface area contributed by atoms with E-state index in [9.17, 15) is 13.2 Å². The molecule has 0 aromatic heterocycles. The lowest BCUT2D eigenvalue weighted by molar-refractivity contribution is -0.138. The number of nitrogens with zero attached hydrogens (tertiary/aromatic N) is 1. The molecule has 0 aromatic carbocycles. The van der Waals surface area contributed by atoms with E-state index in [0.29, 0.717) is 6.54 Å². The Kier molecular flexibility index (Phi) is 3.16. The molecule has 1 aliphatic rings. The highest BCUT2D eigenvalue weighted by molar-refractivity contribution is 7.88. The summed E-state index contributed by atoms with van der Waals surface area (Å²) in [5.74, 6) is -0.992. The number of rotatable bonds is 4. The van der Waals surface area contributed by atoms with Gasteiger partial charge in [-0.15, -0.1) is 0 Å². The number of aliphatic carboxylic acids is 1. The fraction of sp³-hybridized carbons (Fsp3) is 0.875. The third-order valence-corrected chi connectivity index (χ3v) is 3.90. The van der Waals surface area contributed by atoms with Crippen molar-refractivity contribution >= 4 is 16.0 Å². The first-order valence-corrected chi connectivity index (χ1v) is 6.36. The Balaban J connectivity index is 2.59. The van der Waals surface area contributed by atoms with Crippen molar-refractivity contribution in [1.29, 1.82) is 0 Å². The number of sulfonamides is 1. The predicted octanol–water partition coefficient (Wildman–Crippen LogP) is 0.131. The van der Waals surface area contributed by atoms with Crippen LogP contribution in [0.1, 0.15) is 19.8 Å². The lowest BCUT2D eigenvalue weighted by atomic mass is 9.91. The summed E-state index contributed by atoms with van der Waals surface area (Å²) < 4.78 is 23.8. The summed E-state index contributed by atoms with van der Waals surface area (Å²) >= 11 is 0. The van der Waals surface area contributed by atoms with Crippen LogP contribution in [-0.4, -0.2) is 42.6 Å². The van der Waals surface area contributed by atoms with Crippen LogP contribution in [0.4, 0.5) is 0 Å². The number of hydrogen-bond acceptors (Lipinski definition) is 3. The van der Waals surface area contributed by atoms with Crippen molar-refractivity contribution in [3.8, 4) is 0 Å². The second-order valence-electron chi connectivity index (χ2n) is 3.80. The van der Waals surface area contributed by atoms with Gasteiger partial charge in [0.05, 0.1) is 6.26 Å². The first-order chi connectivity index (χ1) is 6.32. The quantitative estimate of drug-likeness (QED) is 0.732. The van der Waals surface area contributed by atoms with Crippen molar-refractivity contribution in [1.82, 2.24) is 4.31 Å². The molecule has 0 saturated carbocycles. The SMILES string of the molecule is CC(CC(=O)O)C1CCN1S(C)(=O)=O. The van der Waals surface area contributed by atoms with E-state index < -0.39 is 16.0 Å². The van der Waals surface area contributed by atoms with Gasteiger partial charge in [0, 0.05) is 19.0 Å². The normalized spacial score (nSPS) is 25.4. The molecule has 1 rings (SSSR count). The van der Waals surface area contributed by atoms with Crippen LogP contribution in [0.5, 0.6) is 0 Å². The Hall–Kier alpha value is -0.620. The van der Waals surface area contributed by atoms with Crippen LogP contribution in [0.15, 0.2) is 0 Å². The van der Waals surface area contributed by atoms with Gasteiger partial charge in [-0.3, -0.25) is 4.79 Å². The fourth-order valence-corrected chi connectivity index (χ4v) is 3.02. The molecule has 82 valence electrons. The van der Waals surface area contributed by atoms with Crippen molar-refractivity contribution in [3.63, 3.8) is 0 Å². The molecule has 0 aliphatic carbocycles. The van der Waals surface area contributed by atoms with E-state index in [2.05, 4.69) is 0 Å². The zero-order chi connectivity index (χ0) is 10.9. The second-order valence-corrected chi connectivity index (χ2v) is 5.74. The smallest absolute Gasteiger partial charge is 0.303 e. The molecule has 2 atom stereocenters. The van der Waals surface area contributed by atoms with Gasteiger partial charge in [-0.2, -0.15) is 4.31 Å². The Morgan fingerprint density at radius 2 is 2.21 bits per heavy atom. The summed E-state index contributed by atoms with van der Waals surface area (Å²) in [6, 6.07) is -0.124. The average Bonchev–Trinajstić information content (AvgIpc) is 1.75. The number of hydrogen-bond donors (Lipinski definition) is 1. The van der Waals surface area contributed by atoms with Crippen molar-refractivity contribution in [2.24, 2.45) is 5.92 Å². The molecule has 1 fully saturated rings. The molecule has 0 radical (unpaired) electrons. The van der Waals surface area contributed by atoms with Gasteiger partial charge in [0.1, 0.15) is 0 Å². The number of carboxylic acid groups (broad SMARTS) is 1. The molecular formula is C8H15NO4S. The molecule has 14 heavy (non-hydrogen) atoms. The maximum Gasteiger partial charge on any atom is 0.303 e. The third kappa shape index (κ3) is 2.45. The second kappa shape index (κ2) is 3.86. The maximum atomic E-state index is 11.2. The van der Waals surface area contributed by atoms with Gasteiger partial charge in [0.25, 0.3) is 0 Å². The van der Waals surface area contributed by atoms with Crippen molar-refractivity contribution in [3.05, 3.63) is 0 Å². The topological polar surface area (TPSA) is 74.7 Å². The van der Waals surface area contributed by atoms with Crippen LogP contribution in [0.2, 0.25) is 0 Å². The van der Waals surface area contributed by atoms with Gasteiger partial charge in [0.15, 0.2) is 0 Å². The maximum absolute atomic E-state index is 11.2. The van der Waals surface area contributed by atoms with Crippen LogP contribution in [0, 0.1) is 5.92 Å². The fourth-order valence-electron chi connectivity index (χ4n) is 1.78. The highest BCUT2D eigenvalue weighted by atomic mass is 32.2. The van der Waals surface area contributed by atoms with E-state index in [-0.39, 0.29) is 18.4 Å². The molecule has 0 bridgehead atoms. The zero-order valence-corrected chi connectivity index (χ0v) is 9.12. The minimum absolute atomic E-state index is 0.0245. The number of carboxylic acids is 1. The summed E-state index contributed by atoms with van der Waals surface area (Å²) in [5, 5.41) is 8.57. The highest BCUT2D eigenvalue weighted by Gasteiger charge is 2.38. The zero-order valence-electron chi connectivity index (χ0n) is 8.30. The molecule has 6 heteroatoms. The van der Waals surface area contributed by atoms with E-state index in [1.807, 2.05) is 0 Å². The molecular weight excluding hydrogens is 206 g/mol. The van der Waals surface area contributed by atoms with Crippen LogP contribution in [0.25, 0.3) is 0 Å². The summed E-state index contributed by atoms with van der Waals surface area (Å²) in [6.45, 7) is 2.30. The first kappa shape index (κ1) is 11.5. The summed E-state index contributed by atoms with van der Waals surface area (Å²) in [5.41, 5.74) is 0. The molecule has 2 unspecified atom stereocenters. The van der Waals surface area contributed by atoms with E-state index in [1.165, 1.54) is 4.31 Å². The Labute approximate surface area is 83.8 Å². The van der Waals surface area contributed by atoms with Gasteiger partial charge < -0.3 is 5.11 Å². The van der Waals surface area contributed by atoms with Crippen LogP contribution in [0.3, 0.4) is 0 Å². The molecule has 1 aliphatic heterocycles. The predicted molar refractivity (Wildman–Crippen MR) is 51.4 cm³/mol. The Morgan fingerprint density at radius 1 is 1.64 bits per heavy atom. The molecule has 5 nitrogen and oxygen atoms in total. The molecule has 0 spiro atoms. The highest BCUT2D eigenvalue weighted by Crippen LogP contribution is 2.28.